The van der Waals surface area contributed by atoms with E-state index in [4.69, 9.17) is 0 Å². The zero-order valence-electron chi connectivity index (χ0n) is 7.49. The molecule has 4 nitrogen and oxygen atoms in total. The van der Waals surface area contributed by atoms with Crippen LogP contribution in [-0.4, -0.2) is 31.7 Å². The van der Waals surface area contributed by atoms with Gasteiger partial charge in [0.1, 0.15) is 5.76 Å². The Balaban J connectivity index is 2.72. The highest BCUT2D eigenvalue weighted by atomic mass is 32.2. The van der Waals surface area contributed by atoms with E-state index in [0.29, 0.717) is 13.1 Å². The van der Waals surface area contributed by atoms with Crippen LogP contribution in [0.2, 0.25) is 0 Å². The van der Waals surface area contributed by atoms with Gasteiger partial charge in [-0.3, -0.25) is 4.67 Å². The summed E-state index contributed by atoms with van der Waals surface area (Å²) in [5.41, 5.74) is -5.37. The molecule has 1 unspecified atom stereocenters. The van der Waals surface area contributed by atoms with Gasteiger partial charge in [0.15, 0.2) is 0 Å². The molecule has 0 spiro atoms. The number of alkyl halides is 3. The zero-order chi connectivity index (χ0) is 11.7. The van der Waals surface area contributed by atoms with Crippen LogP contribution in [0.25, 0.3) is 0 Å². The Morgan fingerprint density at radius 2 is 2.07 bits per heavy atom. The topological polar surface area (TPSA) is 46.6 Å². The molecule has 0 aromatic rings. The predicted octanol–water partition coefficient (Wildman–Crippen LogP) is 1.23. The van der Waals surface area contributed by atoms with Gasteiger partial charge in [0.25, 0.3) is 0 Å². The van der Waals surface area contributed by atoms with E-state index in [-0.39, 0.29) is 12.2 Å². The van der Waals surface area contributed by atoms with Crippen molar-refractivity contribution in [2.24, 2.45) is 0 Å². The van der Waals surface area contributed by atoms with Gasteiger partial charge in [-0.1, -0.05) is 9.39 Å². The van der Waals surface area contributed by atoms with E-state index >= 15 is 0 Å². The second-order valence-corrected chi connectivity index (χ2v) is 5.17. The molecular formula is C6H9F3NO3PS. The molecule has 0 saturated carbocycles. The van der Waals surface area contributed by atoms with Crippen LogP contribution in [0.3, 0.4) is 0 Å². The first-order valence-electron chi connectivity index (χ1n) is 3.92. The second-order valence-electron chi connectivity index (χ2n) is 2.90. The summed E-state index contributed by atoms with van der Waals surface area (Å²) in [4.78, 5) is 0. The monoisotopic (exact) mass is 263 g/mol. The molecule has 0 radical (unpaired) electrons. The van der Waals surface area contributed by atoms with Gasteiger partial charge < -0.3 is 4.18 Å². The fourth-order valence-electron chi connectivity index (χ4n) is 0.930. The van der Waals surface area contributed by atoms with E-state index in [1.165, 1.54) is 6.08 Å². The first-order valence-corrected chi connectivity index (χ1v) is 5.84. The van der Waals surface area contributed by atoms with Gasteiger partial charge >= 0.3 is 15.6 Å². The molecule has 15 heavy (non-hydrogen) atoms. The van der Waals surface area contributed by atoms with Gasteiger partial charge in [0.05, 0.1) is 0 Å². The first kappa shape index (κ1) is 12.7. The molecule has 0 bridgehead atoms. The van der Waals surface area contributed by atoms with Crippen LogP contribution in [-0.2, 0) is 14.3 Å². The Bertz CT molecular complexity index is 364. The minimum Gasteiger partial charge on any atom is -0.381 e. The van der Waals surface area contributed by atoms with Crippen LogP contribution in [0.15, 0.2) is 11.8 Å². The smallest absolute Gasteiger partial charge is 0.381 e. The number of halogens is 3. The first-order chi connectivity index (χ1) is 6.72. The van der Waals surface area contributed by atoms with Crippen molar-refractivity contribution in [1.29, 1.82) is 0 Å². The second kappa shape index (κ2) is 4.27. The highest BCUT2D eigenvalue weighted by molar-refractivity contribution is 7.87. The summed E-state index contributed by atoms with van der Waals surface area (Å²) in [6.45, 7) is 0.775. The lowest BCUT2D eigenvalue weighted by atomic mass is 10.3. The van der Waals surface area contributed by atoms with Crippen molar-refractivity contribution in [3.63, 3.8) is 0 Å². The molecule has 1 aliphatic heterocycles. The van der Waals surface area contributed by atoms with Gasteiger partial charge in [0.2, 0.25) is 0 Å². The normalized spacial score (nSPS) is 19.9. The highest BCUT2D eigenvalue weighted by Crippen LogP contribution is 2.28. The lowest BCUT2D eigenvalue weighted by Gasteiger charge is -2.21. The quantitative estimate of drug-likeness (QED) is 0.427. The van der Waals surface area contributed by atoms with Crippen LogP contribution < -0.4 is 0 Å². The summed E-state index contributed by atoms with van der Waals surface area (Å²) in [6, 6.07) is 0. The molecule has 1 aliphatic rings. The molecule has 1 heterocycles. The predicted molar refractivity (Wildman–Crippen MR) is 50.0 cm³/mol. The Hall–Kier alpha value is -0.330. The minimum absolute atomic E-state index is 0.138. The SMILES string of the molecule is O=S(=O)(OC1=CCN(P)CC1)C(F)(F)F. The van der Waals surface area contributed by atoms with E-state index in [9.17, 15) is 21.6 Å². The molecule has 0 aromatic carbocycles. The average molecular weight is 263 g/mol. The fraction of sp³-hybridized carbons (Fsp3) is 0.667. The largest absolute Gasteiger partial charge is 0.534 e. The maximum atomic E-state index is 11.9. The van der Waals surface area contributed by atoms with Crippen LogP contribution in [0, 0.1) is 0 Å². The molecule has 0 N–H and O–H groups in total. The third kappa shape index (κ3) is 3.32. The van der Waals surface area contributed by atoms with Gasteiger partial charge in [-0.05, 0) is 6.08 Å². The molecule has 1 rings (SSSR count). The average Bonchev–Trinajstić information content (AvgIpc) is 2.06. The summed E-state index contributed by atoms with van der Waals surface area (Å²) < 4.78 is 62.6. The third-order valence-electron chi connectivity index (χ3n) is 1.70. The van der Waals surface area contributed by atoms with Crippen molar-refractivity contribution in [2.45, 2.75) is 11.9 Å². The molecule has 88 valence electrons. The maximum Gasteiger partial charge on any atom is 0.534 e. The lowest BCUT2D eigenvalue weighted by Crippen LogP contribution is -2.27. The van der Waals surface area contributed by atoms with Gasteiger partial charge in [0, 0.05) is 19.5 Å². The number of rotatable bonds is 2. The number of hydrogen-bond donors (Lipinski definition) is 0. The van der Waals surface area contributed by atoms with Crippen molar-refractivity contribution < 1.29 is 25.8 Å². The maximum absolute atomic E-state index is 11.9. The van der Waals surface area contributed by atoms with E-state index < -0.39 is 15.6 Å². The van der Waals surface area contributed by atoms with Crippen molar-refractivity contribution >= 4 is 19.5 Å². The molecule has 1 atom stereocenters. The molecule has 0 amide bonds. The molecule has 0 aromatic heterocycles. The molecule has 9 heteroatoms. The van der Waals surface area contributed by atoms with Gasteiger partial charge in [-0.15, -0.1) is 0 Å². The van der Waals surface area contributed by atoms with Crippen LogP contribution in [0.1, 0.15) is 6.42 Å². The number of hydrogen-bond acceptors (Lipinski definition) is 4. The number of nitrogens with zero attached hydrogens (tertiary/aromatic N) is 1. The van der Waals surface area contributed by atoms with E-state index in [2.05, 4.69) is 13.6 Å². The molecular weight excluding hydrogens is 254 g/mol. The summed E-state index contributed by atoms with van der Waals surface area (Å²) >= 11 is 0. The summed E-state index contributed by atoms with van der Waals surface area (Å²) in [7, 11) is -3.15. The third-order valence-corrected chi connectivity index (χ3v) is 3.17. The fourth-order valence-corrected chi connectivity index (χ4v) is 1.69. The summed E-state index contributed by atoms with van der Waals surface area (Å²) in [5.74, 6) is -0.161. The Kier molecular flexibility index (Phi) is 3.63. The van der Waals surface area contributed by atoms with Crippen LogP contribution >= 0.6 is 9.39 Å². The Labute approximate surface area is 87.5 Å². The van der Waals surface area contributed by atoms with Crippen LogP contribution in [0.4, 0.5) is 13.2 Å². The van der Waals surface area contributed by atoms with Crippen molar-refractivity contribution in [2.75, 3.05) is 13.1 Å². The van der Waals surface area contributed by atoms with Gasteiger partial charge in [-0.25, -0.2) is 0 Å². The molecule has 0 fully saturated rings. The van der Waals surface area contributed by atoms with Gasteiger partial charge in [-0.2, -0.15) is 21.6 Å². The van der Waals surface area contributed by atoms with E-state index in [1.807, 2.05) is 0 Å². The lowest BCUT2D eigenvalue weighted by molar-refractivity contribution is -0.0524. The zero-order valence-corrected chi connectivity index (χ0v) is 9.46. The molecule has 0 saturated heterocycles. The van der Waals surface area contributed by atoms with Crippen molar-refractivity contribution in [1.82, 2.24) is 4.67 Å². The molecule has 0 aliphatic carbocycles. The van der Waals surface area contributed by atoms with Crippen LogP contribution in [0.5, 0.6) is 0 Å². The van der Waals surface area contributed by atoms with Crippen molar-refractivity contribution in [3.05, 3.63) is 11.8 Å². The highest BCUT2D eigenvalue weighted by Gasteiger charge is 2.48. The summed E-state index contributed by atoms with van der Waals surface area (Å²) in [6.07, 6.45) is 1.44. The van der Waals surface area contributed by atoms with E-state index in [1.54, 1.807) is 4.67 Å². The van der Waals surface area contributed by atoms with Crippen molar-refractivity contribution in [3.8, 4) is 0 Å². The Morgan fingerprint density at radius 3 is 2.47 bits per heavy atom. The van der Waals surface area contributed by atoms with E-state index in [0.717, 1.165) is 0 Å². The Morgan fingerprint density at radius 1 is 1.47 bits per heavy atom. The summed E-state index contributed by atoms with van der Waals surface area (Å²) in [5, 5.41) is 0. The standard InChI is InChI=1S/C6H9F3NO3PS/c7-6(8,9)15(11,12)13-5-1-3-10(14)4-2-5/h1H,2-4,14H2. The minimum atomic E-state index is -5.51.